The summed E-state index contributed by atoms with van der Waals surface area (Å²) in [5.74, 6) is -1.06. The van der Waals surface area contributed by atoms with E-state index in [1.54, 1.807) is 18.4 Å². The highest BCUT2D eigenvalue weighted by atomic mass is 32.2. The fraction of sp³-hybridized carbons (Fsp3) is 0.400. The zero-order valence-corrected chi connectivity index (χ0v) is 24.4. The second kappa shape index (κ2) is 13.0. The molecule has 0 bridgehead atoms. The summed E-state index contributed by atoms with van der Waals surface area (Å²) in [4.78, 5) is 29.5. The Morgan fingerprint density at radius 2 is 1.69 bits per heavy atom. The molecule has 3 rings (SSSR count). The van der Waals surface area contributed by atoms with Gasteiger partial charge in [0.25, 0.3) is 5.91 Å². The Morgan fingerprint density at radius 1 is 1.03 bits per heavy atom. The van der Waals surface area contributed by atoms with E-state index in [0.717, 1.165) is 24.2 Å². The van der Waals surface area contributed by atoms with Crippen molar-refractivity contribution in [2.24, 2.45) is 10.1 Å². The normalized spacial score (nSPS) is 12.8. The highest BCUT2D eigenvalue weighted by molar-refractivity contribution is 7.89. The van der Waals surface area contributed by atoms with Gasteiger partial charge in [-0.3, -0.25) is 9.59 Å². The smallest absolute Gasteiger partial charge is 0.307 e. The van der Waals surface area contributed by atoms with Crippen molar-refractivity contribution in [3.8, 4) is 0 Å². The standard InChI is InChI=1S/C25H32N4O7S3/c1-4-7-15-28(5-2)39(34,35)19-10-8-18(9-11-19)24(31)27-25-29(16-14-23(30)36-6-3)21-13-12-20(38(26,32)33)17-22(21)37-25/h8-13,17H,4-7,14-16H2,1-3H3,(H2,26,32,33). The van der Waals surface area contributed by atoms with Crippen LogP contribution < -0.4 is 9.94 Å². The number of ether oxygens (including phenoxy) is 1. The van der Waals surface area contributed by atoms with Crippen LogP contribution in [0, 0.1) is 0 Å². The van der Waals surface area contributed by atoms with Gasteiger partial charge in [0.1, 0.15) is 0 Å². The Labute approximate surface area is 232 Å². The molecule has 212 valence electrons. The zero-order valence-electron chi connectivity index (χ0n) is 22.0. The summed E-state index contributed by atoms with van der Waals surface area (Å²) in [5, 5.41) is 5.26. The number of carbonyl (C=O) groups is 2. The summed E-state index contributed by atoms with van der Waals surface area (Å²) in [7, 11) is -7.65. The number of fused-ring (bicyclic) bond motifs is 1. The van der Waals surface area contributed by atoms with E-state index in [4.69, 9.17) is 9.88 Å². The van der Waals surface area contributed by atoms with E-state index in [1.807, 2.05) is 6.92 Å². The second-order valence-electron chi connectivity index (χ2n) is 8.56. The van der Waals surface area contributed by atoms with Gasteiger partial charge in [0.05, 0.1) is 33.0 Å². The van der Waals surface area contributed by atoms with Crippen molar-refractivity contribution in [1.82, 2.24) is 8.87 Å². The number of amides is 1. The highest BCUT2D eigenvalue weighted by Crippen LogP contribution is 2.22. The first kappa shape index (κ1) is 30.6. The molecule has 3 aromatic rings. The van der Waals surface area contributed by atoms with Crippen LogP contribution in [-0.4, -0.2) is 57.3 Å². The van der Waals surface area contributed by atoms with E-state index in [-0.39, 0.29) is 39.7 Å². The van der Waals surface area contributed by atoms with Gasteiger partial charge < -0.3 is 9.30 Å². The lowest BCUT2D eigenvalue weighted by molar-refractivity contribution is -0.143. The minimum absolute atomic E-state index is 0.0104. The van der Waals surface area contributed by atoms with E-state index < -0.39 is 31.9 Å². The Balaban J connectivity index is 2.00. The van der Waals surface area contributed by atoms with Gasteiger partial charge in [-0.25, -0.2) is 22.0 Å². The minimum Gasteiger partial charge on any atom is -0.466 e. The lowest BCUT2D eigenvalue weighted by Gasteiger charge is -2.20. The van der Waals surface area contributed by atoms with Gasteiger partial charge in [-0.05, 0) is 55.8 Å². The maximum atomic E-state index is 13.1. The molecule has 39 heavy (non-hydrogen) atoms. The first-order chi connectivity index (χ1) is 18.4. The number of thiazole rings is 1. The number of hydrogen-bond donors (Lipinski definition) is 1. The van der Waals surface area contributed by atoms with Crippen molar-refractivity contribution in [2.45, 2.75) is 56.4 Å². The summed E-state index contributed by atoms with van der Waals surface area (Å²) < 4.78 is 58.1. The number of unbranched alkanes of at least 4 members (excludes halogenated alkanes) is 1. The Bertz CT molecular complexity index is 1620. The van der Waals surface area contributed by atoms with Crippen LogP contribution in [0.15, 0.2) is 57.2 Å². The summed E-state index contributed by atoms with van der Waals surface area (Å²) in [5.41, 5.74) is 0.738. The van der Waals surface area contributed by atoms with E-state index >= 15 is 0 Å². The van der Waals surface area contributed by atoms with Crippen molar-refractivity contribution >= 4 is 53.5 Å². The maximum Gasteiger partial charge on any atom is 0.307 e. The average Bonchev–Trinajstić information content (AvgIpc) is 3.23. The number of carbonyl (C=O) groups excluding carboxylic acids is 2. The first-order valence-electron chi connectivity index (χ1n) is 12.4. The van der Waals surface area contributed by atoms with Crippen LogP contribution in [0.1, 0.15) is 50.4 Å². The fourth-order valence-corrected chi connectivity index (χ4v) is 7.02. The quantitative estimate of drug-likeness (QED) is 0.315. The Kier molecular flexibility index (Phi) is 10.2. The van der Waals surface area contributed by atoms with E-state index in [2.05, 4.69) is 4.99 Å². The molecule has 0 atom stereocenters. The maximum absolute atomic E-state index is 13.1. The third-order valence-electron chi connectivity index (χ3n) is 5.88. The number of aryl methyl sites for hydroxylation is 1. The van der Waals surface area contributed by atoms with Crippen LogP contribution in [0.3, 0.4) is 0 Å². The number of nitrogens with two attached hydrogens (primary N) is 1. The Hall–Kier alpha value is -2.91. The molecule has 1 amide bonds. The van der Waals surface area contributed by atoms with Crippen LogP contribution in [0.4, 0.5) is 0 Å². The van der Waals surface area contributed by atoms with Crippen molar-refractivity contribution in [3.63, 3.8) is 0 Å². The third kappa shape index (κ3) is 7.39. The van der Waals surface area contributed by atoms with Crippen LogP contribution >= 0.6 is 11.3 Å². The van der Waals surface area contributed by atoms with E-state index in [1.165, 1.54) is 46.8 Å². The van der Waals surface area contributed by atoms with E-state index in [0.29, 0.717) is 23.3 Å². The number of esters is 1. The second-order valence-corrected chi connectivity index (χ2v) is 13.1. The zero-order chi connectivity index (χ0) is 28.8. The fourth-order valence-electron chi connectivity index (χ4n) is 3.82. The van der Waals surface area contributed by atoms with Gasteiger partial charge in [-0.15, -0.1) is 0 Å². The number of rotatable bonds is 12. The number of aromatic nitrogens is 1. The average molecular weight is 597 g/mol. The van der Waals surface area contributed by atoms with Crippen LogP contribution in [0.25, 0.3) is 10.2 Å². The van der Waals surface area contributed by atoms with Crippen molar-refractivity contribution < 1.29 is 31.2 Å². The summed E-state index contributed by atoms with van der Waals surface area (Å²) in [6, 6.07) is 9.84. The predicted molar refractivity (Wildman–Crippen MR) is 148 cm³/mol. The van der Waals surface area contributed by atoms with Gasteiger partial charge in [-0.2, -0.15) is 9.30 Å². The van der Waals surface area contributed by atoms with Crippen LogP contribution in [0.5, 0.6) is 0 Å². The molecule has 0 saturated heterocycles. The molecule has 0 aliphatic heterocycles. The lowest BCUT2D eigenvalue weighted by Crippen LogP contribution is -2.31. The molecular formula is C25H32N4O7S3. The monoisotopic (exact) mass is 596 g/mol. The number of hydrogen-bond acceptors (Lipinski definition) is 8. The molecule has 0 unspecified atom stereocenters. The SMILES string of the molecule is CCCCN(CC)S(=O)(=O)c1ccc(C(=O)N=c2sc3cc(S(N)(=O)=O)ccc3n2CCC(=O)OCC)cc1. The molecule has 2 aromatic carbocycles. The number of nitrogens with zero attached hydrogens (tertiary/aromatic N) is 3. The van der Waals surface area contributed by atoms with Gasteiger partial charge in [0.2, 0.25) is 20.0 Å². The molecule has 0 aliphatic carbocycles. The van der Waals surface area contributed by atoms with E-state index in [9.17, 15) is 26.4 Å². The topological polar surface area (TPSA) is 158 Å². The van der Waals surface area contributed by atoms with Gasteiger partial charge >= 0.3 is 5.97 Å². The van der Waals surface area contributed by atoms with Crippen LogP contribution in [-0.2, 0) is 36.1 Å². The molecule has 2 N–H and O–H groups in total. The van der Waals surface area contributed by atoms with Crippen molar-refractivity contribution in [3.05, 3.63) is 52.8 Å². The first-order valence-corrected chi connectivity index (χ1v) is 16.2. The molecule has 14 heteroatoms. The summed E-state index contributed by atoms with van der Waals surface area (Å²) in [6.07, 6.45) is 1.62. The van der Waals surface area contributed by atoms with Gasteiger partial charge in [0, 0.05) is 25.2 Å². The van der Waals surface area contributed by atoms with Gasteiger partial charge in [-0.1, -0.05) is 31.6 Å². The number of benzene rings is 2. The molecule has 0 saturated carbocycles. The van der Waals surface area contributed by atoms with Crippen molar-refractivity contribution in [2.75, 3.05) is 19.7 Å². The third-order valence-corrected chi connectivity index (χ3v) is 9.82. The van der Waals surface area contributed by atoms with Crippen molar-refractivity contribution in [1.29, 1.82) is 0 Å². The molecule has 0 aliphatic rings. The largest absolute Gasteiger partial charge is 0.466 e. The molecular weight excluding hydrogens is 564 g/mol. The van der Waals surface area contributed by atoms with Crippen LogP contribution in [0.2, 0.25) is 0 Å². The molecule has 11 nitrogen and oxygen atoms in total. The van der Waals surface area contributed by atoms with Gasteiger partial charge in [0.15, 0.2) is 4.80 Å². The minimum atomic E-state index is -3.95. The highest BCUT2D eigenvalue weighted by Gasteiger charge is 2.23. The number of sulfonamides is 2. The lowest BCUT2D eigenvalue weighted by atomic mass is 10.2. The Morgan fingerprint density at radius 3 is 2.28 bits per heavy atom. The summed E-state index contributed by atoms with van der Waals surface area (Å²) in [6.45, 7) is 6.57. The molecule has 1 heterocycles. The number of primary sulfonamides is 1. The summed E-state index contributed by atoms with van der Waals surface area (Å²) >= 11 is 1.06. The molecule has 1 aromatic heterocycles. The molecule has 0 spiro atoms. The molecule has 0 fully saturated rings. The molecule has 0 radical (unpaired) electrons. The predicted octanol–water partition coefficient (Wildman–Crippen LogP) is 2.86.